The molecule has 0 atom stereocenters. The number of aryl methyl sites for hydroxylation is 1. The van der Waals surface area contributed by atoms with Crippen LogP contribution in [0.2, 0.25) is 0 Å². The molecule has 0 radical (unpaired) electrons. The molecule has 3 aromatic rings. The van der Waals surface area contributed by atoms with Crippen molar-refractivity contribution in [1.82, 2.24) is 14.6 Å². The lowest BCUT2D eigenvalue weighted by Crippen LogP contribution is -2.13. The number of fused-ring (bicyclic) bond motifs is 1. The van der Waals surface area contributed by atoms with Crippen LogP contribution < -0.4 is 14.6 Å². The third-order valence-electron chi connectivity index (χ3n) is 3.56. The fourth-order valence-corrected chi connectivity index (χ4v) is 3.33. The summed E-state index contributed by atoms with van der Waals surface area (Å²) in [6, 6.07) is 5.40. The van der Waals surface area contributed by atoms with Gasteiger partial charge in [-0.05, 0) is 24.6 Å². The third-order valence-corrected chi connectivity index (χ3v) is 4.61. The minimum absolute atomic E-state index is 0.0720. The monoisotopic (exact) mass is 348 g/mol. The van der Waals surface area contributed by atoms with E-state index in [9.17, 15) is 8.42 Å². The molecule has 0 saturated heterocycles. The largest absolute Gasteiger partial charge is 0.497 e. The predicted octanol–water partition coefficient (Wildman–Crippen LogP) is 1.37. The van der Waals surface area contributed by atoms with E-state index >= 15 is 0 Å². The van der Waals surface area contributed by atoms with Crippen LogP contribution in [0.5, 0.6) is 11.5 Å². The Morgan fingerprint density at radius 3 is 2.25 bits per heavy atom. The van der Waals surface area contributed by atoms with E-state index in [1.165, 1.54) is 4.52 Å². The van der Waals surface area contributed by atoms with Crippen molar-refractivity contribution in [3.8, 4) is 22.6 Å². The Balaban J connectivity index is 2.19. The standard InChI is InChI=1S/C15H16N4O4S/c1-9-14(24(16,20)21)15-17-7-11(8-19(15)18-9)10-4-12(22-2)6-13(5-10)23-3/h4-8H,1-3H3,(H2,16,20,21). The number of benzene rings is 1. The molecule has 0 aliphatic carbocycles. The fourth-order valence-electron chi connectivity index (χ4n) is 2.48. The van der Waals surface area contributed by atoms with Crippen molar-refractivity contribution in [2.45, 2.75) is 11.8 Å². The molecule has 0 fully saturated rings. The molecule has 2 heterocycles. The zero-order valence-corrected chi connectivity index (χ0v) is 14.2. The highest BCUT2D eigenvalue weighted by atomic mass is 32.2. The Bertz CT molecular complexity index is 1010. The summed E-state index contributed by atoms with van der Waals surface area (Å²) in [5.74, 6) is 1.26. The summed E-state index contributed by atoms with van der Waals surface area (Å²) in [6.45, 7) is 1.57. The van der Waals surface area contributed by atoms with Gasteiger partial charge in [0.05, 0.1) is 19.9 Å². The van der Waals surface area contributed by atoms with Gasteiger partial charge < -0.3 is 9.47 Å². The van der Waals surface area contributed by atoms with E-state index in [0.717, 1.165) is 11.1 Å². The number of hydrogen-bond acceptors (Lipinski definition) is 6. The molecule has 24 heavy (non-hydrogen) atoms. The molecule has 8 nitrogen and oxygen atoms in total. The molecule has 0 amide bonds. The lowest BCUT2D eigenvalue weighted by Gasteiger charge is -2.08. The van der Waals surface area contributed by atoms with Crippen LogP contribution in [0.4, 0.5) is 0 Å². The highest BCUT2D eigenvalue weighted by Gasteiger charge is 2.21. The van der Waals surface area contributed by atoms with E-state index in [0.29, 0.717) is 17.2 Å². The normalized spacial score (nSPS) is 11.7. The van der Waals surface area contributed by atoms with Gasteiger partial charge in [-0.2, -0.15) is 5.10 Å². The molecule has 2 N–H and O–H groups in total. The van der Waals surface area contributed by atoms with Crippen LogP contribution in [0.3, 0.4) is 0 Å². The molecule has 126 valence electrons. The number of hydrogen-bond donors (Lipinski definition) is 1. The number of rotatable bonds is 4. The first-order valence-corrected chi connectivity index (χ1v) is 8.49. The summed E-state index contributed by atoms with van der Waals surface area (Å²) in [5.41, 5.74) is 2.01. The molecule has 0 unspecified atom stereocenters. The van der Waals surface area contributed by atoms with Gasteiger partial charge in [0, 0.05) is 24.0 Å². The molecule has 0 aliphatic heterocycles. The van der Waals surface area contributed by atoms with Crippen LogP contribution in [-0.4, -0.2) is 37.2 Å². The molecule has 0 aliphatic rings. The number of primary sulfonamides is 1. The van der Waals surface area contributed by atoms with Crippen molar-refractivity contribution in [3.05, 3.63) is 36.3 Å². The van der Waals surface area contributed by atoms with Gasteiger partial charge in [-0.15, -0.1) is 0 Å². The van der Waals surface area contributed by atoms with Gasteiger partial charge >= 0.3 is 0 Å². The van der Waals surface area contributed by atoms with Crippen molar-refractivity contribution in [1.29, 1.82) is 0 Å². The minimum atomic E-state index is -3.90. The van der Waals surface area contributed by atoms with Crippen LogP contribution in [-0.2, 0) is 10.0 Å². The average molecular weight is 348 g/mol. The van der Waals surface area contributed by atoms with Gasteiger partial charge in [0.15, 0.2) is 5.65 Å². The van der Waals surface area contributed by atoms with Crippen LogP contribution in [0.25, 0.3) is 16.8 Å². The van der Waals surface area contributed by atoms with E-state index in [-0.39, 0.29) is 10.5 Å². The molecule has 1 aromatic carbocycles. The maximum Gasteiger partial charge on any atom is 0.243 e. The van der Waals surface area contributed by atoms with Gasteiger partial charge in [0.1, 0.15) is 16.4 Å². The van der Waals surface area contributed by atoms with Crippen molar-refractivity contribution >= 4 is 15.7 Å². The Morgan fingerprint density at radius 2 is 1.71 bits per heavy atom. The topological polar surface area (TPSA) is 109 Å². The third kappa shape index (κ3) is 2.79. The highest BCUT2D eigenvalue weighted by molar-refractivity contribution is 7.89. The quantitative estimate of drug-likeness (QED) is 0.763. The Morgan fingerprint density at radius 1 is 1.08 bits per heavy atom. The van der Waals surface area contributed by atoms with Crippen molar-refractivity contribution in [2.75, 3.05) is 14.2 Å². The number of aromatic nitrogens is 3. The summed E-state index contributed by atoms with van der Waals surface area (Å²) in [7, 11) is -0.772. The summed E-state index contributed by atoms with van der Waals surface area (Å²) in [4.78, 5) is 4.14. The van der Waals surface area contributed by atoms with E-state index in [2.05, 4.69) is 10.1 Å². The summed E-state index contributed by atoms with van der Waals surface area (Å²) in [5, 5.41) is 9.42. The number of nitrogens with two attached hydrogens (primary N) is 1. The first kappa shape index (κ1) is 16.2. The van der Waals surface area contributed by atoms with Crippen LogP contribution in [0, 0.1) is 6.92 Å². The SMILES string of the molecule is COc1cc(OC)cc(-c2cnc3c(S(N)(=O)=O)c(C)nn3c2)c1. The number of nitrogens with zero attached hydrogens (tertiary/aromatic N) is 3. The van der Waals surface area contributed by atoms with Crippen LogP contribution in [0.1, 0.15) is 5.69 Å². The molecular weight excluding hydrogens is 332 g/mol. The van der Waals surface area contributed by atoms with Gasteiger partial charge in [-0.3, -0.25) is 0 Å². The predicted molar refractivity (Wildman–Crippen MR) is 87.6 cm³/mol. The first-order chi connectivity index (χ1) is 11.3. The smallest absolute Gasteiger partial charge is 0.243 e. The molecule has 3 rings (SSSR count). The highest BCUT2D eigenvalue weighted by Crippen LogP contribution is 2.30. The van der Waals surface area contributed by atoms with Crippen molar-refractivity contribution in [3.63, 3.8) is 0 Å². The lowest BCUT2D eigenvalue weighted by atomic mass is 10.1. The second kappa shape index (κ2) is 5.77. The Kier molecular flexibility index (Phi) is 3.90. The number of sulfonamides is 1. The van der Waals surface area contributed by atoms with E-state index < -0.39 is 10.0 Å². The average Bonchev–Trinajstić information content (AvgIpc) is 2.89. The zero-order chi connectivity index (χ0) is 17.5. The Labute approximate surface area is 138 Å². The molecule has 2 aromatic heterocycles. The zero-order valence-electron chi connectivity index (χ0n) is 13.3. The molecule has 0 bridgehead atoms. The summed E-state index contributed by atoms with van der Waals surface area (Å²) >= 11 is 0. The second-order valence-corrected chi connectivity index (χ2v) is 6.67. The van der Waals surface area contributed by atoms with Crippen LogP contribution >= 0.6 is 0 Å². The molecular formula is C15H16N4O4S. The van der Waals surface area contributed by atoms with Gasteiger partial charge in [-0.25, -0.2) is 23.1 Å². The number of methoxy groups -OCH3 is 2. The van der Waals surface area contributed by atoms with E-state index in [4.69, 9.17) is 14.6 Å². The summed E-state index contributed by atoms with van der Waals surface area (Å²) < 4.78 is 35.3. The van der Waals surface area contributed by atoms with Gasteiger partial charge in [0.25, 0.3) is 0 Å². The maximum absolute atomic E-state index is 11.7. The Hall–Kier alpha value is -2.65. The second-order valence-electron chi connectivity index (χ2n) is 5.17. The fraction of sp³-hybridized carbons (Fsp3) is 0.200. The van der Waals surface area contributed by atoms with Crippen LogP contribution in [0.15, 0.2) is 35.5 Å². The minimum Gasteiger partial charge on any atom is -0.497 e. The summed E-state index contributed by atoms with van der Waals surface area (Å²) in [6.07, 6.45) is 3.23. The first-order valence-electron chi connectivity index (χ1n) is 6.94. The lowest BCUT2D eigenvalue weighted by molar-refractivity contribution is 0.394. The van der Waals surface area contributed by atoms with Crippen molar-refractivity contribution < 1.29 is 17.9 Å². The van der Waals surface area contributed by atoms with E-state index in [1.54, 1.807) is 39.6 Å². The van der Waals surface area contributed by atoms with E-state index in [1.807, 2.05) is 12.1 Å². The van der Waals surface area contributed by atoms with Gasteiger partial charge in [-0.1, -0.05) is 0 Å². The molecule has 9 heteroatoms. The van der Waals surface area contributed by atoms with Gasteiger partial charge in [0.2, 0.25) is 10.0 Å². The van der Waals surface area contributed by atoms with Crippen molar-refractivity contribution in [2.24, 2.45) is 5.14 Å². The molecule has 0 saturated carbocycles. The molecule has 0 spiro atoms. The number of ether oxygens (including phenoxy) is 2. The maximum atomic E-state index is 11.7.